The van der Waals surface area contributed by atoms with Crippen LogP contribution in [-0.4, -0.2) is 51.6 Å². The number of nitrogens with zero attached hydrogens (tertiary/aromatic N) is 6. The lowest BCUT2D eigenvalue weighted by Gasteiger charge is -2.25. The highest BCUT2D eigenvalue weighted by atomic mass is 35.5. The van der Waals surface area contributed by atoms with E-state index < -0.39 is 0 Å². The van der Waals surface area contributed by atoms with Gasteiger partial charge in [-0.15, -0.1) is 10.2 Å². The van der Waals surface area contributed by atoms with Crippen molar-refractivity contribution in [1.29, 1.82) is 0 Å². The minimum absolute atomic E-state index is 0.0189. The van der Waals surface area contributed by atoms with Gasteiger partial charge in [0.15, 0.2) is 11.6 Å². The Bertz CT molecular complexity index is 664. The summed E-state index contributed by atoms with van der Waals surface area (Å²) in [4.78, 5) is 10.5. The Kier molecular flexibility index (Phi) is 4.12. The Morgan fingerprint density at radius 3 is 2.82 bits per heavy atom. The summed E-state index contributed by atoms with van der Waals surface area (Å²) in [5.41, 5.74) is 0. The summed E-state index contributed by atoms with van der Waals surface area (Å²) >= 11 is 6.28. The van der Waals surface area contributed by atoms with Gasteiger partial charge in [0.25, 0.3) is 0 Å². The van der Waals surface area contributed by atoms with E-state index in [1.165, 1.54) is 13.3 Å². The van der Waals surface area contributed by atoms with Gasteiger partial charge in [-0.2, -0.15) is 4.98 Å². The van der Waals surface area contributed by atoms with Crippen molar-refractivity contribution in [3.05, 3.63) is 23.4 Å². The fourth-order valence-corrected chi connectivity index (χ4v) is 2.88. The monoisotopic (exact) mass is 324 g/mol. The summed E-state index contributed by atoms with van der Waals surface area (Å²) < 4.78 is 12.5. The van der Waals surface area contributed by atoms with Crippen molar-refractivity contribution in [3.63, 3.8) is 0 Å². The van der Waals surface area contributed by atoms with Crippen LogP contribution in [0.2, 0.25) is 5.02 Å². The molecule has 0 unspecified atom stereocenters. The largest absolute Gasteiger partial charge is 0.467 e. The van der Waals surface area contributed by atoms with Crippen LogP contribution >= 0.6 is 11.6 Å². The maximum Gasteiger partial charge on any atom is 0.318 e. The zero-order valence-corrected chi connectivity index (χ0v) is 13.4. The molecule has 9 heteroatoms. The topological polar surface area (TPSA) is 78.2 Å². The molecule has 2 aromatic rings. The first-order chi connectivity index (χ1) is 10.6. The predicted molar refractivity (Wildman–Crippen MR) is 80.1 cm³/mol. The number of halogens is 1. The van der Waals surface area contributed by atoms with E-state index in [0.717, 1.165) is 12.2 Å². The van der Waals surface area contributed by atoms with Gasteiger partial charge in [-0.3, -0.25) is 0 Å². The highest BCUT2D eigenvalue weighted by Crippen LogP contribution is 2.38. The lowest BCUT2D eigenvalue weighted by molar-refractivity contribution is 0.118. The van der Waals surface area contributed by atoms with E-state index in [-0.39, 0.29) is 18.2 Å². The Morgan fingerprint density at radius 2 is 2.18 bits per heavy atom. The van der Waals surface area contributed by atoms with Crippen molar-refractivity contribution in [3.8, 4) is 6.01 Å². The molecule has 1 saturated heterocycles. The van der Waals surface area contributed by atoms with Crippen LogP contribution in [-0.2, 0) is 11.8 Å². The summed E-state index contributed by atoms with van der Waals surface area (Å²) in [6, 6.07) is 0.256. The molecular formula is C13H17ClN6O2. The highest BCUT2D eigenvalue weighted by Gasteiger charge is 2.37. The highest BCUT2D eigenvalue weighted by molar-refractivity contribution is 6.32. The molecule has 3 heterocycles. The molecule has 0 saturated carbocycles. The average molecular weight is 325 g/mol. The van der Waals surface area contributed by atoms with Gasteiger partial charge in [-0.25, -0.2) is 4.98 Å². The molecule has 0 radical (unpaired) electrons. The van der Waals surface area contributed by atoms with Gasteiger partial charge >= 0.3 is 6.01 Å². The molecule has 2 aromatic heterocycles. The number of hydrogen-bond acceptors (Lipinski definition) is 7. The van der Waals surface area contributed by atoms with Gasteiger partial charge < -0.3 is 18.9 Å². The van der Waals surface area contributed by atoms with E-state index in [9.17, 15) is 0 Å². The molecule has 2 atom stereocenters. The molecule has 0 bridgehead atoms. The van der Waals surface area contributed by atoms with Gasteiger partial charge in [0.05, 0.1) is 25.5 Å². The van der Waals surface area contributed by atoms with E-state index in [1.54, 1.807) is 13.4 Å². The Labute approximate surface area is 133 Å². The van der Waals surface area contributed by atoms with Gasteiger partial charge in [0, 0.05) is 27.1 Å². The SMILES string of the molecule is COc1ncc(Cl)c(N2C[C@H](OC)C[C@H]2c2nncn2C)n1. The van der Waals surface area contributed by atoms with Gasteiger partial charge in [0.1, 0.15) is 11.3 Å². The first kappa shape index (κ1) is 15.0. The van der Waals surface area contributed by atoms with Crippen LogP contribution in [0.5, 0.6) is 6.01 Å². The Balaban J connectivity index is 2.01. The second-order valence-electron chi connectivity index (χ2n) is 5.09. The molecule has 1 aliphatic heterocycles. The zero-order valence-electron chi connectivity index (χ0n) is 12.6. The van der Waals surface area contributed by atoms with E-state index in [4.69, 9.17) is 21.1 Å². The van der Waals surface area contributed by atoms with Crippen molar-refractivity contribution >= 4 is 17.4 Å². The number of anilines is 1. The lowest BCUT2D eigenvalue weighted by Crippen LogP contribution is -2.27. The second kappa shape index (κ2) is 6.05. The third kappa shape index (κ3) is 2.59. The van der Waals surface area contributed by atoms with E-state index in [1.807, 2.05) is 11.6 Å². The minimum atomic E-state index is -0.0189. The fraction of sp³-hybridized carbons (Fsp3) is 0.538. The van der Waals surface area contributed by atoms with Crippen molar-refractivity contribution < 1.29 is 9.47 Å². The minimum Gasteiger partial charge on any atom is -0.467 e. The van der Waals surface area contributed by atoms with E-state index >= 15 is 0 Å². The van der Waals surface area contributed by atoms with Gasteiger partial charge in [-0.1, -0.05) is 11.6 Å². The van der Waals surface area contributed by atoms with Crippen LogP contribution in [0.25, 0.3) is 0 Å². The van der Waals surface area contributed by atoms with Crippen LogP contribution in [0, 0.1) is 0 Å². The molecule has 118 valence electrons. The summed E-state index contributed by atoms with van der Waals surface area (Å²) in [5.74, 6) is 1.45. The van der Waals surface area contributed by atoms with Gasteiger partial charge in [-0.05, 0) is 0 Å². The van der Waals surface area contributed by atoms with Crippen molar-refractivity contribution in [2.45, 2.75) is 18.6 Å². The van der Waals surface area contributed by atoms with E-state index in [0.29, 0.717) is 17.4 Å². The number of methoxy groups -OCH3 is 2. The summed E-state index contributed by atoms with van der Waals surface area (Å²) in [7, 11) is 5.13. The quantitative estimate of drug-likeness (QED) is 0.837. The van der Waals surface area contributed by atoms with Crippen LogP contribution in [0.3, 0.4) is 0 Å². The van der Waals surface area contributed by atoms with Crippen LogP contribution < -0.4 is 9.64 Å². The number of aromatic nitrogens is 5. The molecule has 0 spiro atoms. The summed E-state index contributed by atoms with van der Waals surface area (Å²) in [5, 5.41) is 8.63. The molecule has 22 heavy (non-hydrogen) atoms. The maximum atomic E-state index is 6.28. The fourth-order valence-electron chi connectivity index (χ4n) is 2.68. The molecule has 1 aliphatic rings. The molecule has 0 amide bonds. The van der Waals surface area contributed by atoms with Crippen LogP contribution in [0.4, 0.5) is 5.82 Å². The second-order valence-corrected chi connectivity index (χ2v) is 5.50. The van der Waals surface area contributed by atoms with E-state index in [2.05, 4.69) is 25.1 Å². The summed E-state index contributed by atoms with van der Waals surface area (Å²) in [6.07, 6.45) is 4.07. The third-order valence-electron chi connectivity index (χ3n) is 3.80. The maximum absolute atomic E-state index is 6.28. The first-order valence-corrected chi connectivity index (χ1v) is 7.21. The number of ether oxygens (including phenoxy) is 2. The van der Waals surface area contributed by atoms with Gasteiger partial charge in [0.2, 0.25) is 0 Å². The molecule has 3 rings (SSSR count). The summed E-state index contributed by atoms with van der Waals surface area (Å²) in [6.45, 7) is 0.661. The predicted octanol–water partition coefficient (Wildman–Crippen LogP) is 1.23. The van der Waals surface area contributed by atoms with Crippen LogP contribution in [0.15, 0.2) is 12.5 Å². The number of aryl methyl sites for hydroxylation is 1. The Morgan fingerprint density at radius 1 is 1.36 bits per heavy atom. The number of rotatable bonds is 4. The van der Waals surface area contributed by atoms with Crippen molar-refractivity contribution in [2.75, 3.05) is 25.7 Å². The molecule has 0 aliphatic carbocycles. The smallest absolute Gasteiger partial charge is 0.318 e. The Hall–Kier alpha value is -1.93. The lowest BCUT2D eigenvalue weighted by atomic mass is 10.2. The standard InChI is InChI=1S/C13H17ClN6O2/c1-19-7-16-18-12(19)10-4-8(21-2)6-20(10)11-9(14)5-15-13(17-11)22-3/h5,7-8,10H,4,6H2,1-3H3/t8-,10+/m1/s1. The van der Waals surface area contributed by atoms with Crippen molar-refractivity contribution in [2.24, 2.45) is 7.05 Å². The molecule has 1 fully saturated rings. The zero-order chi connectivity index (χ0) is 15.7. The van der Waals surface area contributed by atoms with Crippen LogP contribution in [0.1, 0.15) is 18.3 Å². The first-order valence-electron chi connectivity index (χ1n) is 6.84. The average Bonchev–Trinajstić information content (AvgIpc) is 3.13. The molecule has 8 nitrogen and oxygen atoms in total. The third-order valence-corrected chi connectivity index (χ3v) is 4.07. The van der Waals surface area contributed by atoms with Crippen molar-refractivity contribution in [1.82, 2.24) is 24.7 Å². The molecular weight excluding hydrogens is 308 g/mol. The number of hydrogen-bond donors (Lipinski definition) is 0. The normalized spacial score (nSPS) is 21.4. The molecule has 0 aromatic carbocycles. The molecule has 0 N–H and O–H groups in total.